The van der Waals surface area contributed by atoms with E-state index in [1.807, 2.05) is 64.3 Å². The molecule has 3 heterocycles. The number of nitrogens with one attached hydrogen (secondary N) is 1. The number of aromatic amines is 1. The van der Waals surface area contributed by atoms with Gasteiger partial charge in [0.25, 0.3) is 0 Å². The average molecular weight is 359 g/mol. The topological polar surface area (TPSA) is 66.8 Å². The Kier molecular flexibility index (Phi) is 3.89. The molecule has 6 heteroatoms. The van der Waals surface area contributed by atoms with Crippen molar-refractivity contribution in [1.82, 2.24) is 24.6 Å². The number of aryl methyl sites for hydroxylation is 1. The third-order valence-corrected chi connectivity index (χ3v) is 5.38. The molecular formula is C21H21N5O. The van der Waals surface area contributed by atoms with Crippen molar-refractivity contribution in [3.05, 3.63) is 60.6 Å². The highest BCUT2D eigenvalue weighted by Crippen LogP contribution is 2.32. The van der Waals surface area contributed by atoms with Crippen molar-refractivity contribution in [2.45, 2.75) is 31.8 Å². The van der Waals surface area contributed by atoms with Gasteiger partial charge in [0.1, 0.15) is 5.82 Å². The van der Waals surface area contributed by atoms with Crippen molar-refractivity contribution < 1.29 is 4.79 Å². The molecule has 2 aromatic carbocycles. The molecule has 6 nitrogen and oxygen atoms in total. The number of H-pyrrole nitrogens is 1. The van der Waals surface area contributed by atoms with Gasteiger partial charge in [0.2, 0.25) is 5.91 Å². The smallest absolute Gasteiger partial charge is 0.225 e. The molecular weight excluding hydrogens is 338 g/mol. The second-order valence-corrected chi connectivity index (χ2v) is 7.06. The van der Waals surface area contributed by atoms with E-state index in [1.54, 1.807) is 0 Å². The number of carbonyl (C=O) groups is 1. The summed E-state index contributed by atoms with van der Waals surface area (Å²) in [7, 11) is 0. The summed E-state index contributed by atoms with van der Waals surface area (Å²) in [6.07, 6.45) is 4.27. The normalized spacial score (nSPS) is 17.2. The fraction of sp³-hybridized carbons (Fsp3) is 0.286. The van der Waals surface area contributed by atoms with Gasteiger partial charge >= 0.3 is 0 Å². The minimum Gasteiger partial charge on any atom is -0.340 e. The molecule has 5 rings (SSSR count). The van der Waals surface area contributed by atoms with Crippen LogP contribution < -0.4 is 0 Å². The van der Waals surface area contributed by atoms with Gasteiger partial charge in [0, 0.05) is 18.4 Å². The number of hydrogen-bond acceptors (Lipinski definition) is 3. The second-order valence-electron chi connectivity index (χ2n) is 7.06. The van der Waals surface area contributed by atoms with Gasteiger partial charge in [-0.3, -0.25) is 9.48 Å². The molecule has 0 bridgehead atoms. The standard InChI is InChI=1S/C21H21N5O/c27-20(11-13-26-18-9-4-1-6-15(18)14-22-26)25-12-5-10-19(25)21-23-16-7-2-3-8-17(16)24-21/h1-4,6-9,14,19H,5,10-13H2,(H,23,24). The van der Waals surface area contributed by atoms with Crippen molar-refractivity contribution in [2.75, 3.05) is 6.54 Å². The summed E-state index contributed by atoms with van der Waals surface area (Å²) in [4.78, 5) is 23.0. The van der Waals surface area contributed by atoms with Gasteiger partial charge < -0.3 is 9.88 Å². The van der Waals surface area contributed by atoms with E-state index in [1.165, 1.54) is 0 Å². The number of rotatable bonds is 4. The molecule has 27 heavy (non-hydrogen) atoms. The summed E-state index contributed by atoms with van der Waals surface area (Å²) in [6.45, 7) is 1.39. The fourth-order valence-electron chi connectivity index (χ4n) is 4.03. The maximum atomic E-state index is 12.9. The third-order valence-electron chi connectivity index (χ3n) is 5.38. The lowest BCUT2D eigenvalue weighted by atomic mass is 10.2. The average Bonchev–Trinajstić information content (AvgIpc) is 3.43. The van der Waals surface area contributed by atoms with Crippen LogP contribution in [-0.2, 0) is 11.3 Å². The first-order chi connectivity index (χ1) is 13.3. The van der Waals surface area contributed by atoms with E-state index in [4.69, 9.17) is 4.98 Å². The number of imidazole rings is 1. The molecule has 1 N–H and O–H groups in total. The number of fused-ring (bicyclic) bond motifs is 2. The first-order valence-corrected chi connectivity index (χ1v) is 9.44. The Morgan fingerprint density at radius 2 is 2.00 bits per heavy atom. The maximum Gasteiger partial charge on any atom is 0.225 e. The van der Waals surface area contributed by atoms with E-state index in [9.17, 15) is 4.79 Å². The van der Waals surface area contributed by atoms with Crippen LogP contribution in [0, 0.1) is 0 Å². The zero-order valence-electron chi connectivity index (χ0n) is 15.0. The largest absolute Gasteiger partial charge is 0.340 e. The van der Waals surface area contributed by atoms with Crippen molar-refractivity contribution >= 4 is 27.8 Å². The van der Waals surface area contributed by atoms with Crippen LogP contribution in [0.4, 0.5) is 0 Å². The Balaban J connectivity index is 1.33. The summed E-state index contributed by atoms with van der Waals surface area (Å²) in [5.74, 6) is 1.06. The summed E-state index contributed by atoms with van der Waals surface area (Å²) >= 11 is 0. The summed E-state index contributed by atoms with van der Waals surface area (Å²) in [6, 6.07) is 16.1. The van der Waals surface area contributed by atoms with Crippen LogP contribution in [0.15, 0.2) is 54.7 Å². The van der Waals surface area contributed by atoms with E-state index in [0.717, 1.165) is 47.1 Å². The van der Waals surface area contributed by atoms with Crippen molar-refractivity contribution in [3.8, 4) is 0 Å². The molecule has 1 atom stereocenters. The van der Waals surface area contributed by atoms with Gasteiger partial charge in [0.05, 0.1) is 35.3 Å². The first kappa shape index (κ1) is 16.1. The lowest BCUT2D eigenvalue weighted by Gasteiger charge is -2.23. The zero-order valence-corrected chi connectivity index (χ0v) is 15.0. The molecule has 1 amide bonds. The van der Waals surface area contributed by atoms with Crippen LogP contribution in [0.2, 0.25) is 0 Å². The van der Waals surface area contributed by atoms with Crippen molar-refractivity contribution in [3.63, 3.8) is 0 Å². The minimum absolute atomic E-state index is 0.0410. The van der Waals surface area contributed by atoms with Gasteiger partial charge in [-0.2, -0.15) is 5.10 Å². The predicted octanol–water partition coefficient (Wildman–Crippen LogP) is 3.67. The molecule has 2 aromatic heterocycles. The van der Waals surface area contributed by atoms with E-state index >= 15 is 0 Å². The molecule has 1 saturated heterocycles. The maximum absolute atomic E-state index is 12.9. The highest BCUT2D eigenvalue weighted by Gasteiger charge is 2.31. The molecule has 4 aromatic rings. The van der Waals surface area contributed by atoms with Crippen LogP contribution >= 0.6 is 0 Å². The quantitative estimate of drug-likeness (QED) is 0.605. The monoisotopic (exact) mass is 359 g/mol. The number of para-hydroxylation sites is 3. The van der Waals surface area contributed by atoms with Crippen molar-refractivity contribution in [1.29, 1.82) is 0 Å². The van der Waals surface area contributed by atoms with Crippen LogP contribution in [-0.4, -0.2) is 37.1 Å². The fourth-order valence-corrected chi connectivity index (χ4v) is 4.03. The Bertz CT molecular complexity index is 1080. The number of hydrogen-bond donors (Lipinski definition) is 1. The molecule has 1 aliphatic heterocycles. The van der Waals surface area contributed by atoms with Crippen LogP contribution in [0.1, 0.15) is 31.1 Å². The van der Waals surface area contributed by atoms with E-state index in [0.29, 0.717) is 13.0 Å². The summed E-state index contributed by atoms with van der Waals surface area (Å²) in [5, 5.41) is 5.53. The van der Waals surface area contributed by atoms with Gasteiger partial charge in [-0.15, -0.1) is 0 Å². The van der Waals surface area contributed by atoms with E-state index in [-0.39, 0.29) is 11.9 Å². The Morgan fingerprint density at radius 3 is 2.93 bits per heavy atom. The molecule has 0 radical (unpaired) electrons. The Morgan fingerprint density at radius 1 is 1.15 bits per heavy atom. The second kappa shape index (κ2) is 6.54. The number of aromatic nitrogens is 4. The number of nitrogens with zero attached hydrogens (tertiary/aromatic N) is 4. The minimum atomic E-state index is 0.0410. The molecule has 1 aliphatic rings. The Labute approximate surface area is 156 Å². The van der Waals surface area contributed by atoms with E-state index in [2.05, 4.69) is 10.1 Å². The predicted molar refractivity (Wildman–Crippen MR) is 104 cm³/mol. The molecule has 0 saturated carbocycles. The van der Waals surface area contributed by atoms with E-state index < -0.39 is 0 Å². The molecule has 1 fully saturated rings. The summed E-state index contributed by atoms with van der Waals surface area (Å²) in [5.41, 5.74) is 3.05. The zero-order chi connectivity index (χ0) is 18.2. The molecule has 0 aliphatic carbocycles. The van der Waals surface area contributed by atoms with Crippen LogP contribution in [0.25, 0.3) is 21.9 Å². The van der Waals surface area contributed by atoms with Crippen molar-refractivity contribution in [2.24, 2.45) is 0 Å². The van der Waals surface area contributed by atoms with Crippen LogP contribution in [0.3, 0.4) is 0 Å². The van der Waals surface area contributed by atoms with Crippen LogP contribution in [0.5, 0.6) is 0 Å². The van der Waals surface area contributed by atoms with Gasteiger partial charge in [-0.05, 0) is 31.0 Å². The number of likely N-dealkylation sites (tertiary alicyclic amines) is 1. The summed E-state index contributed by atoms with van der Waals surface area (Å²) < 4.78 is 1.92. The SMILES string of the molecule is O=C(CCn1ncc2ccccc21)N1CCCC1c1nc2ccccc2[nH]1. The third kappa shape index (κ3) is 2.87. The molecule has 0 spiro atoms. The first-order valence-electron chi connectivity index (χ1n) is 9.44. The highest BCUT2D eigenvalue weighted by atomic mass is 16.2. The lowest BCUT2D eigenvalue weighted by Crippen LogP contribution is -2.31. The number of benzene rings is 2. The number of carbonyl (C=O) groups excluding carboxylic acids is 1. The Hall–Kier alpha value is -3.15. The number of amides is 1. The molecule has 1 unspecified atom stereocenters. The van der Waals surface area contributed by atoms with Gasteiger partial charge in [0.15, 0.2) is 0 Å². The lowest BCUT2D eigenvalue weighted by molar-refractivity contribution is -0.132. The van der Waals surface area contributed by atoms with Gasteiger partial charge in [-0.1, -0.05) is 30.3 Å². The van der Waals surface area contributed by atoms with Gasteiger partial charge in [-0.25, -0.2) is 4.98 Å². The highest BCUT2D eigenvalue weighted by molar-refractivity contribution is 5.80. The molecule has 136 valence electrons.